The number of hydrogen-bond acceptors (Lipinski definition) is 6. The van der Waals surface area contributed by atoms with Crippen molar-refractivity contribution in [2.45, 2.75) is 25.5 Å². The van der Waals surface area contributed by atoms with E-state index in [2.05, 4.69) is 0 Å². The third-order valence-electron chi connectivity index (χ3n) is 5.32. The van der Waals surface area contributed by atoms with Crippen LogP contribution >= 0.6 is 23.4 Å². The molecule has 4 rings (SSSR count). The molecule has 0 N–H and O–H groups in total. The minimum atomic E-state index is -0.264. The molecular weight excluding hydrogens is 474 g/mol. The van der Waals surface area contributed by atoms with Gasteiger partial charge in [-0.1, -0.05) is 29.4 Å². The van der Waals surface area contributed by atoms with Crippen LogP contribution in [-0.2, 0) is 11.3 Å². The Bertz CT molecular complexity index is 1430. The number of fused-ring (bicyclic) bond motifs is 1. The topological polar surface area (TPSA) is 77.6 Å². The van der Waals surface area contributed by atoms with E-state index in [1.165, 1.54) is 16.3 Å². The Labute approximate surface area is 206 Å². The largest absolute Gasteiger partial charge is 0.495 e. The number of furan rings is 1. The molecule has 0 bridgehead atoms. The molecule has 2 heterocycles. The number of nitrogens with zero attached hydrogens (tertiary/aromatic N) is 3. The monoisotopic (exact) mass is 497 g/mol. The smallest absolute Gasteiger partial charge is 0.266 e. The molecule has 7 nitrogen and oxygen atoms in total. The van der Waals surface area contributed by atoms with Crippen molar-refractivity contribution >= 4 is 40.2 Å². The van der Waals surface area contributed by atoms with Crippen molar-refractivity contribution in [2.75, 3.05) is 19.9 Å². The van der Waals surface area contributed by atoms with E-state index < -0.39 is 0 Å². The first-order chi connectivity index (χ1) is 16.3. The number of aryl methyl sites for hydroxylation is 2. The summed E-state index contributed by atoms with van der Waals surface area (Å²) in [7, 11) is 3.26. The van der Waals surface area contributed by atoms with Gasteiger partial charge in [0.1, 0.15) is 17.3 Å². The van der Waals surface area contributed by atoms with Gasteiger partial charge in [0.25, 0.3) is 5.56 Å². The number of methoxy groups -OCH3 is 1. The van der Waals surface area contributed by atoms with Crippen molar-refractivity contribution in [3.63, 3.8) is 0 Å². The Kier molecular flexibility index (Phi) is 7.00. The summed E-state index contributed by atoms with van der Waals surface area (Å²) < 4.78 is 12.6. The highest BCUT2D eigenvalue weighted by molar-refractivity contribution is 7.99. The Morgan fingerprint density at radius 1 is 1.18 bits per heavy atom. The lowest BCUT2D eigenvalue weighted by molar-refractivity contribution is -0.127. The molecule has 0 saturated heterocycles. The number of halogens is 1. The van der Waals surface area contributed by atoms with Crippen LogP contribution in [0.5, 0.6) is 5.75 Å². The van der Waals surface area contributed by atoms with E-state index in [9.17, 15) is 9.59 Å². The second kappa shape index (κ2) is 9.95. The van der Waals surface area contributed by atoms with Gasteiger partial charge in [0, 0.05) is 12.1 Å². The van der Waals surface area contributed by atoms with E-state index in [-0.39, 0.29) is 17.2 Å². The van der Waals surface area contributed by atoms with Crippen LogP contribution in [0.15, 0.2) is 62.9 Å². The highest BCUT2D eigenvalue weighted by atomic mass is 35.5. The maximum atomic E-state index is 13.6. The van der Waals surface area contributed by atoms with E-state index in [0.717, 1.165) is 11.3 Å². The van der Waals surface area contributed by atoms with E-state index in [1.807, 2.05) is 44.2 Å². The average molecular weight is 498 g/mol. The van der Waals surface area contributed by atoms with Crippen molar-refractivity contribution in [3.8, 4) is 11.4 Å². The highest BCUT2D eigenvalue weighted by Gasteiger charge is 2.19. The summed E-state index contributed by atoms with van der Waals surface area (Å²) >= 11 is 7.34. The minimum absolute atomic E-state index is 0.0861. The lowest BCUT2D eigenvalue weighted by Gasteiger charge is -2.18. The Hall–Kier alpha value is -3.23. The number of ether oxygens (including phenoxy) is 1. The van der Waals surface area contributed by atoms with Crippen LogP contribution in [0, 0.1) is 13.8 Å². The molecule has 0 unspecified atom stereocenters. The fraction of sp³-hybridized carbons (Fsp3) is 0.240. The molecule has 34 heavy (non-hydrogen) atoms. The molecule has 9 heteroatoms. The lowest BCUT2D eigenvalue weighted by Crippen LogP contribution is -2.28. The third-order valence-corrected chi connectivity index (χ3v) is 6.47. The van der Waals surface area contributed by atoms with E-state index in [1.54, 1.807) is 37.3 Å². The standard InChI is InChI=1S/C25H24ClN3O4S/c1-15-5-10-22(32-4)21(11-15)29-24(31)19-9-7-17(26)12-20(19)27-25(29)34-14-23(30)28(3)13-18-8-6-16(2)33-18/h5-12H,13-14H2,1-4H3. The summed E-state index contributed by atoms with van der Waals surface area (Å²) in [6.07, 6.45) is 0. The Balaban J connectivity index is 1.72. The maximum Gasteiger partial charge on any atom is 0.266 e. The second-order valence-corrected chi connectivity index (χ2v) is 9.30. The summed E-state index contributed by atoms with van der Waals surface area (Å²) in [5.74, 6) is 1.99. The van der Waals surface area contributed by atoms with Crippen molar-refractivity contribution < 1.29 is 13.9 Å². The van der Waals surface area contributed by atoms with Crippen LogP contribution in [0.1, 0.15) is 17.1 Å². The van der Waals surface area contributed by atoms with Crippen LogP contribution in [-0.4, -0.2) is 40.3 Å². The maximum absolute atomic E-state index is 13.6. The molecule has 0 aliphatic rings. The number of amides is 1. The molecular formula is C25H24ClN3O4S. The number of hydrogen-bond donors (Lipinski definition) is 0. The van der Waals surface area contributed by atoms with Gasteiger partial charge < -0.3 is 14.1 Å². The molecule has 4 aromatic rings. The third kappa shape index (κ3) is 4.98. The molecule has 0 atom stereocenters. The van der Waals surface area contributed by atoms with Gasteiger partial charge in [0.2, 0.25) is 5.91 Å². The summed E-state index contributed by atoms with van der Waals surface area (Å²) in [6.45, 7) is 4.15. The first-order valence-electron chi connectivity index (χ1n) is 10.6. The normalized spacial score (nSPS) is 11.1. The second-order valence-electron chi connectivity index (χ2n) is 7.92. The van der Waals surface area contributed by atoms with Gasteiger partial charge in [-0.25, -0.2) is 4.98 Å². The number of benzene rings is 2. The van der Waals surface area contributed by atoms with Crippen LogP contribution in [0.3, 0.4) is 0 Å². The average Bonchev–Trinajstić information content (AvgIpc) is 3.21. The first kappa shape index (κ1) is 23.9. The Morgan fingerprint density at radius 3 is 2.68 bits per heavy atom. The molecule has 0 aliphatic carbocycles. The summed E-state index contributed by atoms with van der Waals surface area (Å²) in [6, 6.07) is 14.2. The van der Waals surface area contributed by atoms with Crippen molar-refractivity contribution in [1.82, 2.24) is 14.5 Å². The molecule has 176 valence electrons. The number of aromatic nitrogens is 2. The number of carbonyl (C=O) groups is 1. The van der Waals surface area contributed by atoms with Gasteiger partial charge in [0.15, 0.2) is 5.16 Å². The molecule has 0 spiro atoms. The quantitative estimate of drug-likeness (QED) is 0.264. The predicted octanol–water partition coefficient (Wildman–Crippen LogP) is 5.01. The van der Waals surface area contributed by atoms with Crippen LogP contribution < -0.4 is 10.3 Å². The lowest BCUT2D eigenvalue weighted by atomic mass is 10.2. The number of carbonyl (C=O) groups excluding carboxylic acids is 1. The highest BCUT2D eigenvalue weighted by Crippen LogP contribution is 2.29. The molecule has 0 aliphatic heterocycles. The van der Waals surface area contributed by atoms with Crippen LogP contribution in [0.25, 0.3) is 16.6 Å². The van der Waals surface area contributed by atoms with Gasteiger partial charge in [-0.05, 0) is 61.9 Å². The van der Waals surface area contributed by atoms with Crippen LogP contribution in [0.2, 0.25) is 5.02 Å². The van der Waals surface area contributed by atoms with E-state index >= 15 is 0 Å². The fourth-order valence-corrected chi connectivity index (χ4v) is 4.66. The minimum Gasteiger partial charge on any atom is -0.495 e. The van der Waals surface area contributed by atoms with Crippen molar-refractivity contribution in [1.29, 1.82) is 0 Å². The van der Waals surface area contributed by atoms with Gasteiger partial charge in [-0.3, -0.25) is 14.2 Å². The zero-order valence-electron chi connectivity index (χ0n) is 19.3. The van der Waals surface area contributed by atoms with Crippen molar-refractivity contribution in [2.24, 2.45) is 0 Å². The summed E-state index contributed by atoms with van der Waals surface area (Å²) in [4.78, 5) is 32.7. The van der Waals surface area contributed by atoms with Crippen LogP contribution in [0.4, 0.5) is 0 Å². The first-order valence-corrected chi connectivity index (χ1v) is 11.9. The zero-order chi connectivity index (χ0) is 24.4. The molecule has 2 aromatic heterocycles. The molecule has 1 amide bonds. The Morgan fingerprint density at radius 2 is 1.97 bits per heavy atom. The zero-order valence-corrected chi connectivity index (χ0v) is 20.9. The van der Waals surface area contributed by atoms with E-state index in [0.29, 0.717) is 44.8 Å². The van der Waals surface area contributed by atoms with Gasteiger partial charge in [-0.2, -0.15) is 0 Å². The van der Waals surface area contributed by atoms with Crippen molar-refractivity contribution in [3.05, 3.63) is 81.0 Å². The van der Waals surface area contributed by atoms with E-state index in [4.69, 9.17) is 25.7 Å². The summed E-state index contributed by atoms with van der Waals surface area (Å²) in [5.41, 5.74) is 1.72. The number of rotatable bonds is 7. The molecule has 0 fully saturated rings. The fourth-order valence-electron chi connectivity index (χ4n) is 3.55. The SMILES string of the molecule is COc1ccc(C)cc1-n1c(SCC(=O)N(C)Cc2ccc(C)o2)nc2cc(Cl)ccc2c1=O. The molecule has 0 radical (unpaired) electrons. The van der Waals surface area contributed by atoms with Gasteiger partial charge in [-0.15, -0.1) is 0 Å². The molecule has 2 aromatic carbocycles. The van der Waals surface area contributed by atoms with Gasteiger partial charge in [0.05, 0.1) is 36.0 Å². The predicted molar refractivity (Wildman–Crippen MR) is 134 cm³/mol. The molecule has 0 saturated carbocycles. The van der Waals surface area contributed by atoms with Gasteiger partial charge >= 0.3 is 0 Å². The number of thioether (sulfide) groups is 1. The summed E-state index contributed by atoms with van der Waals surface area (Å²) in [5, 5.41) is 1.28.